The number of alkyl halides is 3. The molecule has 0 saturated heterocycles. The molecule has 0 aliphatic carbocycles. The summed E-state index contributed by atoms with van der Waals surface area (Å²) in [4.78, 5) is 7.59. The van der Waals surface area contributed by atoms with Gasteiger partial charge in [0.15, 0.2) is 5.69 Å². The highest BCUT2D eigenvalue weighted by molar-refractivity contribution is 5.59. The molecule has 0 fully saturated rings. The molecule has 2 heterocycles. The van der Waals surface area contributed by atoms with Crippen molar-refractivity contribution in [2.75, 3.05) is 11.9 Å². The molecule has 0 saturated carbocycles. The van der Waals surface area contributed by atoms with Gasteiger partial charge in [-0.3, -0.25) is 4.68 Å². The lowest BCUT2D eigenvalue weighted by atomic mass is 10.2. The van der Waals surface area contributed by atoms with Gasteiger partial charge >= 0.3 is 6.18 Å². The van der Waals surface area contributed by atoms with E-state index in [1.54, 1.807) is 13.2 Å². The number of halogens is 3. The van der Waals surface area contributed by atoms with Crippen molar-refractivity contribution in [2.24, 2.45) is 7.05 Å². The molecular weight excluding hydrogens is 271 g/mol. The summed E-state index contributed by atoms with van der Waals surface area (Å²) in [5, 5.41) is 6.71. The molecule has 0 aliphatic heterocycles. The minimum atomic E-state index is -4.51. The van der Waals surface area contributed by atoms with Crippen LogP contribution in [0, 0.1) is 0 Å². The molecule has 0 aromatic carbocycles. The fraction of sp³-hybridized carbons (Fsp3) is 0.417. The number of nitrogens with zero attached hydrogens (tertiary/aromatic N) is 4. The van der Waals surface area contributed by atoms with Gasteiger partial charge in [-0.05, 0) is 12.5 Å². The zero-order chi connectivity index (χ0) is 14.8. The van der Waals surface area contributed by atoms with Gasteiger partial charge in [-0.15, -0.1) is 0 Å². The predicted octanol–water partition coefficient (Wildman–Crippen LogP) is 2.72. The number of nitrogens with one attached hydrogen (secondary N) is 1. The standard InChI is InChI=1S/C12H14F3N5/c1-3-4-16-11-18-9(8-6-17-20(2)7-8)5-10(19-11)12(13,14)15/h5-7H,3-4H2,1-2H3,(H,16,18,19). The van der Waals surface area contributed by atoms with Crippen LogP contribution < -0.4 is 5.32 Å². The van der Waals surface area contributed by atoms with E-state index in [0.717, 1.165) is 12.5 Å². The minimum absolute atomic E-state index is 0.0273. The molecule has 0 atom stereocenters. The Labute approximate surface area is 113 Å². The van der Waals surface area contributed by atoms with Crippen molar-refractivity contribution in [3.05, 3.63) is 24.2 Å². The molecule has 2 rings (SSSR count). The Kier molecular flexibility index (Phi) is 3.91. The second kappa shape index (κ2) is 5.48. The molecule has 0 amide bonds. The third-order valence-electron chi connectivity index (χ3n) is 2.55. The van der Waals surface area contributed by atoms with Gasteiger partial charge in [-0.2, -0.15) is 18.3 Å². The Morgan fingerprint density at radius 2 is 2.05 bits per heavy atom. The lowest BCUT2D eigenvalue weighted by Gasteiger charge is -2.10. The molecule has 8 heteroatoms. The Hall–Kier alpha value is -2.12. The highest BCUT2D eigenvalue weighted by Crippen LogP contribution is 2.30. The number of rotatable bonds is 4. The van der Waals surface area contributed by atoms with E-state index in [-0.39, 0.29) is 11.6 Å². The van der Waals surface area contributed by atoms with E-state index >= 15 is 0 Å². The lowest BCUT2D eigenvalue weighted by Crippen LogP contribution is -2.13. The predicted molar refractivity (Wildman–Crippen MR) is 68.0 cm³/mol. The zero-order valence-corrected chi connectivity index (χ0v) is 11.1. The Morgan fingerprint density at radius 1 is 1.30 bits per heavy atom. The zero-order valence-electron chi connectivity index (χ0n) is 11.1. The van der Waals surface area contributed by atoms with Crippen molar-refractivity contribution < 1.29 is 13.2 Å². The van der Waals surface area contributed by atoms with Gasteiger partial charge in [0, 0.05) is 25.4 Å². The lowest BCUT2D eigenvalue weighted by molar-refractivity contribution is -0.141. The van der Waals surface area contributed by atoms with Crippen LogP contribution in [-0.2, 0) is 13.2 Å². The summed E-state index contributed by atoms with van der Waals surface area (Å²) in [6.07, 6.45) is -0.678. The molecule has 20 heavy (non-hydrogen) atoms. The van der Waals surface area contributed by atoms with E-state index in [1.807, 2.05) is 6.92 Å². The molecule has 0 radical (unpaired) electrons. The van der Waals surface area contributed by atoms with Gasteiger partial charge < -0.3 is 5.32 Å². The number of aryl methyl sites for hydroxylation is 1. The second-order valence-corrected chi connectivity index (χ2v) is 4.29. The Morgan fingerprint density at radius 3 is 2.60 bits per heavy atom. The number of hydrogen-bond acceptors (Lipinski definition) is 4. The largest absolute Gasteiger partial charge is 0.433 e. The van der Waals surface area contributed by atoms with Crippen molar-refractivity contribution in [3.8, 4) is 11.3 Å². The molecule has 0 unspecified atom stereocenters. The van der Waals surface area contributed by atoms with E-state index in [9.17, 15) is 13.2 Å². The van der Waals surface area contributed by atoms with Crippen molar-refractivity contribution in [3.63, 3.8) is 0 Å². The van der Waals surface area contributed by atoms with Gasteiger partial charge in [0.05, 0.1) is 11.9 Å². The molecule has 2 aromatic rings. The van der Waals surface area contributed by atoms with Crippen molar-refractivity contribution in [1.29, 1.82) is 0 Å². The van der Waals surface area contributed by atoms with E-state index in [0.29, 0.717) is 12.1 Å². The first-order valence-electron chi connectivity index (χ1n) is 6.09. The molecule has 0 spiro atoms. The third-order valence-corrected chi connectivity index (χ3v) is 2.55. The van der Waals surface area contributed by atoms with Crippen LogP contribution >= 0.6 is 0 Å². The summed E-state index contributed by atoms with van der Waals surface area (Å²) >= 11 is 0. The van der Waals surface area contributed by atoms with E-state index in [1.165, 1.54) is 10.9 Å². The molecular formula is C12H14F3N5. The highest BCUT2D eigenvalue weighted by atomic mass is 19.4. The fourth-order valence-electron chi connectivity index (χ4n) is 1.61. The highest BCUT2D eigenvalue weighted by Gasteiger charge is 2.33. The van der Waals surface area contributed by atoms with Crippen LogP contribution in [0.15, 0.2) is 18.5 Å². The van der Waals surface area contributed by atoms with Crippen LogP contribution in [0.4, 0.5) is 19.1 Å². The quantitative estimate of drug-likeness (QED) is 0.938. The third kappa shape index (κ3) is 3.25. The van der Waals surface area contributed by atoms with Crippen LogP contribution in [0.1, 0.15) is 19.0 Å². The average Bonchev–Trinajstić information content (AvgIpc) is 2.82. The number of anilines is 1. The summed E-state index contributed by atoms with van der Waals surface area (Å²) in [5.41, 5.74) is -0.260. The molecule has 1 N–H and O–H groups in total. The summed E-state index contributed by atoms with van der Waals surface area (Å²) in [7, 11) is 1.69. The molecule has 108 valence electrons. The maximum atomic E-state index is 12.9. The maximum absolute atomic E-state index is 12.9. The Balaban J connectivity index is 2.45. The first-order valence-corrected chi connectivity index (χ1v) is 6.09. The van der Waals surface area contributed by atoms with Crippen LogP contribution in [0.5, 0.6) is 0 Å². The molecule has 0 bridgehead atoms. The van der Waals surface area contributed by atoms with E-state index in [4.69, 9.17) is 0 Å². The summed E-state index contributed by atoms with van der Waals surface area (Å²) in [6, 6.07) is 0.925. The number of aromatic nitrogens is 4. The topological polar surface area (TPSA) is 55.6 Å². The van der Waals surface area contributed by atoms with Gasteiger partial charge in [0.1, 0.15) is 0 Å². The van der Waals surface area contributed by atoms with E-state index < -0.39 is 11.9 Å². The maximum Gasteiger partial charge on any atom is 0.433 e. The van der Waals surface area contributed by atoms with Crippen LogP contribution in [-0.4, -0.2) is 26.3 Å². The normalized spacial score (nSPS) is 11.7. The van der Waals surface area contributed by atoms with Gasteiger partial charge in [-0.1, -0.05) is 6.92 Å². The first kappa shape index (κ1) is 14.3. The minimum Gasteiger partial charge on any atom is -0.354 e. The Bertz CT molecular complexity index is 591. The molecule has 0 aliphatic rings. The van der Waals surface area contributed by atoms with Crippen molar-refractivity contribution in [2.45, 2.75) is 19.5 Å². The monoisotopic (exact) mass is 285 g/mol. The van der Waals surface area contributed by atoms with Crippen LogP contribution in [0.25, 0.3) is 11.3 Å². The first-order chi connectivity index (χ1) is 9.40. The summed E-state index contributed by atoms with van der Waals surface area (Å²) < 4.78 is 40.1. The van der Waals surface area contributed by atoms with Crippen molar-refractivity contribution >= 4 is 5.95 Å². The SMILES string of the molecule is CCCNc1nc(-c2cnn(C)c2)cc(C(F)(F)F)n1. The molecule has 5 nitrogen and oxygen atoms in total. The summed E-state index contributed by atoms with van der Waals surface area (Å²) in [5.74, 6) is -0.0273. The van der Waals surface area contributed by atoms with Crippen LogP contribution in [0.2, 0.25) is 0 Å². The van der Waals surface area contributed by atoms with Crippen LogP contribution in [0.3, 0.4) is 0 Å². The van der Waals surface area contributed by atoms with Gasteiger partial charge in [0.2, 0.25) is 5.95 Å². The van der Waals surface area contributed by atoms with Gasteiger partial charge in [0.25, 0.3) is 0 Å². The van der Waals surface area contributed by atoms with E-state index in [2.05, 4.69) is 20.4 Å². The fourth-order valence-corrected chi connectivity index (χ4v) is 1.61. The second-order valence-electron chi connectivity index (χ2n) is 4.29. The van der Waals surface area contributed by atoms with Gasteiger partial charge in [-0.25, -0.2) is 9.97 Å². The molecule has 2 aromatic heterocycles. The van der Waals surface area contributed by atoms with Crippen molar-refractivity contribution in [1.82, 2.24) is 19.7 Å². The smallest absolute Gasteiger partial charge is 0.354 e. The average molecular weight is 285 g/mol. The number of hydrogen-bond donors (Lipinski definition) is 1. The summed E-state index contributed by atoms with van der Waals surface area (Å²) in [6.45, 7) is 2.41.